The number of nitrogens with zero attached hydrogens (tertiary/aromatic N) is 2. The molecular weight excluding hydrogens is 180 g/mol. The maximum absolute atomic E-state index is 11.5. The predicted octanol–water partition coefficient (Wildman–Crippen LogP) is 1.39. The second-order valence-electron chi connectivity index (χ2n) is 2.96. The zero-order valence-electron chi connectivity index (χ0n) is 8.49. The van der Waals surface area contributed by atoms with Crippen LogP contribution < -0.4 is 0 Å². The Hall–Kier alpha value is -1.29. The molecule has 0 saturated carbocycles. The Kier molecular flexibility index (Phi) is 4.19. The Morgan fingerprint density at radius 2 is 2.36 bits per heavy atom. The Morgan fingerprint density at radius 1 is 1.57 bits per heavy atom. The van der Waals surface area contributed by atoms with Gasteiger partial charge >= 0.3 is 0 Å². The lowest BCUT2D eigenvalue weighted by atomic mass is 10.3. The van der Waals surface area contributed by atoms with E-state index in [4.69, 9.17) is 4.74 Å². The van der Waals surface area contributed by atoms with Gasteiger partial charge in [-0.25, -0.2) is 9.97 Å². The van der Waals surface area contributed by atoms with Gasteiger partial charge in [0.05, 0.1) is 0 Å². The van der Waals surface area contributed by atoms with Gasteiger partial charge in [-0.15, -0.1) is 0 Å². The first kappa shape index (κ1) is 10.8. The molecule has 0 spiro atoms. The predicted molar refractivity (Wildman–Crippen MR) is 52.2 cm³/mol. The van der Waals surface area contributed by atoms with Gasteiger partial charge in [-0.1, -0.05) is 6.92 Å². The summed E-state index contributed by atoms with van der Waals surface area (Å²) >= 11 is 0. The molecule has 0 atom stereocenters. The molecule has 0 saturated heterocycles. The van der Waals surface area contributed by atoms with E-state index in [-0.39, 0.29) is 12.4 Å². The summed E-state index contributed by atoms with van der Waals surface area (Å²) in [7, 11) is 0. The first-order valence-electron chi connectivity index (χ1n) is 4.64. The molecule has 0 N–H and O–H groups in total. The van der Waals surface area contributed by atoms with Crippen LogP contribution in [0.1, 0.15) is 29.7 Å². The normalized spacial score (nSPS) is 10.1. The maximum Gasteiger partial charge on any atom is 0.206 e. The van der Waals surface area contributed by atoms with Crippen LogP contribution in [0.15, 0.2) is 12.3 Å². The van der Waals surface area contributed by atoms with Crippen molar-refractivity contribution in [3.05, 3.63) is 23.8 Å². The van der Waals surface area contributed by atoms with Crippen LogP contribution in [0.3, 0.4) is 0 Å². The summed E-state index contributed by atoms with van der Waals surface area (Å²) in [6.45, 7) is 4.46. The van der Waals surface area contributed by atoms with E-state index in [0.29, 0.717) is 18.1 Å². The number of ether oxygens (including phenoxy) is 1. The van der Waals surface area contributed by atoms with Gasteiger partial charge in [0.1, 0.15) is 18.1 Å². The quantitative estimate of drug-likeness (QED) is 0.525. The highest BCUT2D eigenvalue weighted by atomic mass is 16.5. The minimum absolute atomic E-state index is 0.0936. The fraction of sp³-hybridized carbons (Fsp3) is 0.500. The number of aromatic nitrogens is 2. The molecule has 0 aliphatic heterocycles. The first-order chi connectivity index (χ1) is 6.74. The number of aryl methyl sites for hydroxylation is 1. The van der Waals surface area contributed by atoms with Gasteiger partial charge in [-0.05, 0) is 19.4 Å². The first-order valence-corrected chi connectivity index (χ1v) is 4.64. The zero-order valence-corrected chi connectivity index (χ0v) is 8.49. The largest absolute Gasteiger partial charge is 0.373 e. The Balaban J connectivity index is 2.52. The summed E-state index contributed by atoms with van der Waals surface area (Å²) < 4.78 is 5.13. The van der Waals surface area contributed by atoms with Crippen LogP contribution in [0, 0.1) is 6.92 Å². The lowest BCUT2D eigenvalue weighted by Gasteiger charge is -2.01. The van der Waals surface area contributed by atoms with Crippen LogP contribution in [0.4, 0.5) is 0 Å². The molecular formula is C10H14N2O2. The summed E-state index contributed by atoms with van der Waals surface area (Å²) in [6, 6.07) is 1.60. The SMILES string of the molecule is CCCOCC(=O)c1ccnc(C)n1. The number of carbonyl (C=O) groups is 1. The van der Waals surface area contributed by atoms with Crippen LogP contribution in [-0.4, -0.2) is 29.0 Å². The summed E-state index contributed by atoms with van der Waals surface area (Å²) in [5.41, 5.74) is 0.425. The Bertz CT molecular complexity index is 313. The van der Waals surface area contributed by atoms with Gasteiger partial charge in [0.15, 0.2) is 0 Å². The molecule has 0 bridgehead atoms. The monoisotopic (exact) mass is 194 g/mol. The highest BCUT2D eigenvalue weighted by molar-refractivity contribution is 5.95. The van der Waals surface area contributed by atoms with E-state index in [9.17, 15) is 4.79 Å². The summed E-state index contributed by atoms with van der Waals surface area (Å²) in [5.74, 6) is 0.510. The average molecular weight is 194 g/mol. The van der Waals surface area contributed by atoms with Crippen molar-refractivity contribution in [1.29, 1.82) is 0 Å². The van der Waals surface area contributed by atoms with Crippen molar-refractivity contribution < 1.29 is 9.53 Å². The highest BCUT2D eigenvalue weighted by Gasteiger charge is 2.07. The summed E-state index contributed by atoms with van der Waals surface area (Å²) in [4.78, 5) is 19.4. The van der Waals surface area contributed by atoms with Crippen LogP contribution >= 0.6 is 0 Å². The average Bonchev–Trinajstić information content (AvgIpc) is 2.18. The van der Waals surface area contributed by atoms with Gasteiger partial charge in [0.25, 0.3) is 0 Å². The van der Waals surface area contributed by atoms with Crippen LogP contribution in [-0.2, 0) is 4.74 Å². The fourth-order valence-corrected chi connectivity index (χ4v) is 0.995. The third-order valence-corrected chi connectivity index (χ3v) is 1.64. The smallest absolute Gasteiger partial charge is 0.206 e. The van der Waals surface area contributed by atoms with Crippen molar-refractivity contribution in [3.8, 4) is 0 Å². The van der Waals surface area contributed by atoms with Crippen molar-refractivity contribution in [1.82, 2.24) is 9.97 Å². The molecule has 0 amide bonds. The number of Topliss-reactive ketones (excluding diaryl/α,β-unsaturated/α-hetero) is 1. The van der Waals surface area contributed by atoms with Gasteiger partial charge in [-0.2, -0.15) is 0 Å². The topological polar surface area (TPSA) is 52.1 Å². The zero-order chi connectivity index (χ0) is 10.4. The van der Waals surface area contributed by atoms with Crippen molar-refractivity contribution >= 4 is 5.78 Å². The van der Waals surface area contributed by atoms with Gasteiger partial charge in [0, 0.05) is 12.8 Å². The van der Waals surface area contributed by atoms with Crippen LogP contribution in [0.2, 0.25) is 0 Å². The van der Waals surface area contributed by atoms with E-state index in [0.717, 1.165) is 6.42 Å². The minimum Gasteiger partial charge on any atom is -0.373 e. The fourth-order valence-electron chi connectivity index (χ4n) is 0.995. The third-order valence-electron chi connectivity index (χ3n) is 1.64. The molecule has 1 aromatic heterocycles. The number of ketones is 1. The molecule has 0 aromatic carbocycles. The Morgan fingerprint density at radius 3 is 3.00 bits per heavy atom. The molecule has 0 aliphatic carbocycles. The molecule has 4 nitrogen and oxygen atoms in total. The maximum atomic E-state index is 11.5. The van der Waals surface area contributed by atoms with E-state index in [1.807, 2.05) is 6.92 Å². The van der Waals surface area contributed by atoms with Crippen molar-refractivity contribution in [3.63, 3.8) is 0 Å². The lowest BCUT2D eigenvalue weighted by Crippen LogP contribution is -2.12. The molecule has 4 heteroatoms. The van der Waals surface area contributed by atoms with E-state index in [1.54, 1.807) is 19.2 Å². The standard InChI is InChI=1S/C10H14N2O2/c1-3-6-14-7-10(13)9-4-5-11-8(2)12-9/h4-5H,3,6-7H2,1-2H3. The molecule has 0 unspecified atom stereocenters. The van der Waals surface area contributed by atoms with E-state index in [1.165, 1.54) is 0 Å². The van der Waals surface area contributed by atoms with Crippen molar-refractivity contribution in [2.24, 2.45) is 0 Å². The number of carbonyl (C=O) groups excluding carboxylic acids is 1. The lowest BCUT2D eigenvalue weighted by molar-refractivity contribution is 0.0756. The van der Waals surface area contributed by atoms with E-state index in [2.05, 4.69) is 9.97 Å². The van der Waals surface area contributed by atoms with E-state index < -0.39 is 0 Å². The number of hydrogen-bond acceptors (Lipinski definition) is 4. The van der Waals surface area contributed by atoms with Crippen LogP contribution in [0.5, 0.6) is 0 Å². The molecule has 0 fully saturated rings. The van der Waals surface area contributed by atoms with Gasteiger partial charge in [-0.3, -0.25) is 4.79 Å². The molecule has 1 rings (SSSR count). The van der Waals surface area contributed by atoms with Gasteiger partial charge < -0.3 is 4.74 Å². The number of hydrogen-bond donors (Lipinski definition) is 0. The second-order valence-corrected chi connectivity index (χ2v) is 2.96. The molecule has 0 radical (unpaired) electrons. The van der Waals surface area contributed by atoms with Crippen molar-refractivity contribution in [2.45, 2.75) is 20.3 Å². The molecule has 0 aliphatic rings. The van der Waals surface area contributed by atoms with Crippen LogP contribution in [0.25, 0.3) is 0 Å². The summed E-state index contributed by atoms with van der Waals surface area (Å²) in [5, 5.41) is 0. The molecule has 1 heterocycles. The van der Waals surface area contributed by atoms with E-state index >= 15 is 0 Å². The minimum atomic E-state index is -0.0936. The van der Waals surface area contributed by atoms with Gasteiger partial charge in [0.2, 0.25) is 5.78 Å². The van der Waals surface area contributed by atoms with Crippen molar-refractivity contribution in [2.75, 3.05) is 13.2 Å². The summed E-state index contributed by atoms with van der Waals surface area (Å²) in [6.07, 6.45) is 2.49. The Labute approximate surface area is 83.3 Å². The number of rotatable bonds is 5. The highest BCUT2D eigenvalue weighted by Crippen LogP contribution is 1.97. The third kappa shape index (κ3) is 3.22. The molecule has 1 aromatic rings. The molecule has 14 heavy (non-hydrogen) atoms. The molecule has 76 valence electrons. The second kappa shape index (κ2) is 5.44.